The molecule has 0 spiro atoms. The molecular weight excluding hydrogens is 338 g/mol. The number of nitrogens with one attached hydrogen (secondary N) is 1. The standard InChI is InChI=1S/C19H20ClN3O2/c1-2-24-17-5-3-4-14(12-17)13-21-11-10-18-22-19(23-25-18)15-6-8-16(20)9-7-15/h3-9,12,21H,2,10-11,13H2,1H3. The van der Waals surface area contributed by atoms with Crippen LogP contribution in [0.5, 0.6) is 5.75 Å². The normalized spacial score (nSPS) is 10.8. The van der Waals surface area contributed by atoms with Gasteiger partial charge < -0.3 is 14.6 Å². The fourth-order valence-electron chi connectivity index (χ4n) is 2.41. The van der Waals surface area contributed by atoms with E-state index in [1.165, 1.54) is 5.56 Å². The monoisotopic (exact) mass is 357 g/mol. The average molecular weight is 358 g/mol. The van der Waals surface area contributed by atoms with E-state index in [0.29, 0.717) is 29.8 Å². The largest absolute Gasteiger partial charge is 0.494 e. The topological polar surface area (TPSA) is 60.2 Å². The second-order valence-electron chi connectivity index (χ2n) is 5.53. The molecule has 1 aromatic heterocycles. The molecule has 25 heavy (non-hydrogen) atoms. The minimum atomic E-state index is 0.580. The van der Waals surface area contributed by atoms with E-state index in [-0.39, 0.29) is 0 Å². The lowest BCUT2D eigenvalue weighted by atomic mass is 10.2. The summed E-state index contributed by atoms with van der Waals surface area (Å²) in [5.41, 5.74) is 2.07. The number of hydrogen-bond acceptors (Lipinski definition) is 5. The highest BCUT2D eigenvalue weighted by molar-refractivity contribution is 6.30. The first-order chi connectivity index (χ1) is 12.2. The summed E-state index contributed by atoms with van der Waals surface area (Å²) in [6, 6.07) is 15.4. The van der Waals surface area contributed by atoms with Gasteiger partial charge >= 0.3 is 0 Å². The SMILES string of the molecule is CCOc1cccc(CNCCc2nc(-c3ccc(Cl)cc3)no2)c1. The molecule has 0 bridgehead atoms. The minimum absolute atomic E-state index is 0.580. The maximum Gasteiger partial charge on any atom is 0.228 e. The highest BCUT2D eigenvalue weighted by Gasteiger charge is 2.08. The Morgan fingerprint density at radius 1 is 1.16 bits per heavy atom. The van der Waals surface area contributed by atoms with Crippen molar-refractivity contribution in [2.75, 3.05) is 13.2 Å². The molecule has 0 amide bonds. The Kier molecular flexibility index (Phi) is 6.04. The zero-order valence-electron chi connectivity index (χ0n) is 14.0. The van der Waals surface area contributed by atoms with Gasteiger partial charge in [-0.3, -0.25) is 0 Å². The van der Waals surface area contributed by atoms with Crippen LogP contribution in [0.15, 0.2) is 53.1 Å². The maximum absolute atomic E-state index is 5.89. The summed E-state index contributed by atoms with van der Waals surface area (Å²) < 4.78 is 10.8. The van der Waals surface area contributed by atoms with Crippen molar-refractivity contribution < 1.29 is 9.26 Å². The van der Waals surface area contributed by atoms with Crippen LogP contribution in [0, 0.1) is 0 Å². The molecule has 0 radical (unpaired) electrons. The van der Waals surface area contributed by atoms with Crippen molar-refractivity contribution in [3.63, 3.8) is 0 Å². The number of rotatable bonds is 8. The molecule has 3 rings (SSSR count). The van der Waals surface area contributed by atoms with Crippen LogP contribution in [0.3, 0.4) is 0 Å². The third kappa shape index (κ3) is 5.05. The quantitative estimate of drug-likeness (QED) is 0.614. The maximum atomic E-state index is 5.89. The van der Waals surface area contributed by atoms with E-state index in [9.17, 15) is 0 Å². The predicted molar refractivity (Wildman–Crippen MR) is 97.8 cm³/mol. The summed E-state index contributed by atoms with van der Waals surface area (Å²) in [5.74, 6) is 2.09. The van der Waals surface area contributed by atoms with Crippen LogP contribution in [0.25, 0.3) is 11.4 Å². The van der Waals surface area contributed by atoms with Gasteiger partial charge in [-0.2, -0.15) is 4.98 Å². The van der Waals surface area contributed by atoms with E-state index < -0.39 is 0 Å². The lowest BCUT2D eigenvalue weighted by Crippen LogP contribution is -2.16. The van der Waals surface area contributed by atoms with Crippen LogP contribution in [0.4, 0.5) is 0 Å². The summed E-state index contributed by atoms with van der Waals surface area (Å²) >= 11 is 5.89. The molecule has 0 unspecified atom stereocenters. The average Bonchev–Trinajstić information content (AvgIpc) is 3.09. The Labute approximate surface area is 152 Å². The van der Waals surface area contributed by atoms with Gasteiger partial charge in [-0.25, -0.2) is 0 Å². The Balaban J connectivity index is 1.48. The van der Waals surface area contributed by atoms with Crippen LogP contribution in [0.1, 0.15) is 18.4 Å². The summed E-state index contributed by atoms with van der Waals surface area (Å²) in [6.45, 7) is 4.16. The summed E-state index contributed by atoms with van der Waals surface area (Å²) in [5, 5.41) is 8.07. The first kappa shape index (κ1) is 17.5. The number of nitrogens with zero attached hydrogens (tertiary/aromatic N) is 2. The molecule has 0 saturated carbocycles. The second kappa shape index (κ2) is 8.65. The first-order valence-corrected chi connectivity index (χ1v) is 8.63. The molecule has 0 aliphatic heterocycles. The highest BCUT2D eigenvalue weighted by Crippen LogP contribution is 2.18. The predicted octanol–water partition coefficient (Wildman–Crippen LogP) is 4.12. The number of aromatic nitrogens is 2. The molecule has 0 aliphatic rings. The van der Waals surface area contributed by atoms with Crippen LogP contribution >= 0.6 is 11.6 Å². The lowest BCUT2D eigenvalue weighted by molar-refractivity contribution is 0.339. The van der Waals surface area contributed by atoms with Gasteiger partial charge in [-0.05, 0) is 48.9 Å². The summed E-state index contributed by atoms with van der Waals surface area (Å²) in [6.07, 6.45) is 0.672. The van der Waals surface area contributed by atoms with E-state index in [2.05, 4.69) is 21.5 Å². The second-order valence-corrected chi connectivity index (χ2v) is 5.96. The van der Waals surface area contributed by atoms with Crippen LogP contribution in [-0.2, 0) is 13.0 Å². The van der Waals surface area contributed by atoms with Crippen LogP contribution < -0.4 is 10.1 Å². The van der Waals surface area contributed by atoms with Gasteiger partial charge in [0.2, 0.25) is 11.7 Å². The number of halogens is 1. The molecule has 0 saturated heterocycles. The Morgan fingerprint density at radius 2 is 2.00 bits per heavy atom. The first-order valence-electron chi connectivity index (χ1n) is 8.25. The van der Waals surface area contributed by atoms with Crippen molar-refractivity contribution in [2.45, 2.75) is 19.9 Å². The van der Waals surface area contributed by atoms with Crippen molar-refractivity contribution >= 4 is 11.6 Å². The van der Waals surface area contributed by atoms with Gasteiger partial charge in [0, 0.05) is 30.1 Å². The van der Waals surface area contributed by atoms with Crippen LogP contribution in [0.2, 0.25) is 5.02 Å². The Bertz CT molecular complexity index is 802. The molecule has 1 N–H and O–H groups in total. The fourth-order valence-corrected chi connectivity index (χ4v) is 2.54. The lowest BCUT2D eigenvalue weighted by Gasteiger charge is -2.06. The minimum Gasteiger partial charge on any atom is -0.494 e. The Hall–Kier alpha value is -2.37. The van der Waals surface area contributed by atoms with Gasteiger partial charge in [0.05, 0.1) is 6.61 Å². The van der Waals surface area contributed by atoms with E-state index in [1.807, 2.05) is 49.4 Å². The molecule has 5 nitrogen and oxygen atoms in total. The molecule has 6 heteroatoms. The van der Waals surface area contributed by atoms with Crippen molar-refractivity contribution in [1.29, 1.82) is 0 Å². The van der Waals surface area contributed by atoms with Crippen molar-refractivity contribution in [3.8, 4) is 17.1 Å². The van der Waals surface area contributed by atoms with Gasteiger partial charge in [0.15, 0.2) is 0 Å². The molecule has 1 heterocycles. The Morgan fingerprint density at radius 3 is 2.80 bits per heavy atom. The highest BCUT2D eigenvalue weighted by atomic mass is 35.5. The zero-order valence-corrected chi connectivity index (χ0v) is 14.8. The molecule has 130 valence electrons. The van der Waals surface area contributed by atoms with E-state index in [4.69, 9.17) is 20.9 Å². The number of hydrogen-bond donors (Lipinski definition) is 1. The van der Waals surface area contributed by atoms with Gasteiger partial charge in [0.25, 0.3) is 0 Å². The van der Waals surface area contributed by atoms with Gasteiger partial charge in [-0.1, -0.05) is 28.9 Å². The summed E-state index contributed by atoms with van der Waals surface area (Å²) in [7, 11) is 0. The molecule has 3 aromatic rings. The molecule has 0 fully saturated rings. The molecular formula is C19H20ClN3O2. The number of benzene rings is 2. The van der Waals surface area contributed by atoms with E-state index in [1.54, 1.807) is 0 Å². The summed E-state index contributed by atoms with van der Waals surface area (Å²) in [4.78, 5) is 4.41. The fraction of sp³-hybridized carbons (Fsp3) is 0.263. The van der Waals surface area contributed by atoms with Crippen LogP contribution in [-0.4, -0.2) is 23.3 Å². The van der Waals surface area contributed by atoms with Crippen molar-refractivity contribution in [1.82, 2.24) is 15.5 Å². The number of ether oxygens (including phenoxy) is 1. The molecule has 0 atom stereocenters. The third-order valence-corrected chi connectivity index (χ3v) is 3.88. The van der Waals surface area contributed by atoms with Crippen molar-refractivity contribution in [3.05, 3.63) is 65.0 Å². The van der Waals surface area contributed by atoms with Gasteiger partial charge in [-0.15, -0.1) is 0 Å². The smallest absolute Gasteiger partial charge is 0.228 e. The van der Waals surface area contributed by atoms with Gasteiger partial charge in [0.1, 0.15) is 5.75 Å². The molecule has 0 aliphatic carbocycles. The third-order valence-electron chi connectivity index (χ3n) is 3.62. The van der Waals surface area contributed by atoms with E-state index >= 15 is 0 Å². The van der Waals surface area contributed by atoms with Crippen molar-refractivity contribution in [2.24, 2.45) is 0 Å². The zero-order chi connectivity index (χ0) is 17.5. The molecule has 2 aromatic carbocycles. The van der Waals surface area contributed by atoms with E-state index in [0.717, 1.165) is 24.4 Å².